The summed E-state index contributed by atoms with van der Waals surface area (Å²) in [4.78, 5) is 21.5. The number of anilines is 1. The fourth-order valence-electron chi connectivity index (χ4n) is 2.99. The monoisotopic (exact) mass is 372 g/mol. The van der Waals surface area contributed by atoms with E-state index in [9.17, 15) is 4.79 Å². The summed E-state index contributed by atoms with van der Waals surface area (Å²) in [6.07, 6.45) is 0. The zero-order chi connectivity index (χ0) is 18.5. The predicted molar refractivity (Wildman–Crippen MR) is 108 cm³/mol. The largest absolute Gasteiger partial charge is 0.369 e. The molecule has 2 aromatic rings. The molecule has 1 saturated heterocycles. The first-order chi connectivity index (χ1) is 12.5. The Morgan fingerprint density at radius 1 is 1.19 bits per heavy atom. The van der Waals surface area contributed by atoms with Crippen LogP contribution >= 0.6 is 11.3 Å². The normalized spacial score (nSPS) is 15.5. The maximum atomic E-state index is 12.1. The van der Waals surface area contributed by atoms with Gasteiger partial charge in [-0.05, 0) is 25.0 Å². The van der Waals surface area contributed by atoms with E-state index >= 15 is 0 Å². The summed E-state index contributed by atoms with van der Waals surface area (Å²) >= 11 is 1.58. The van der Waals surface area contributed by atoms with Crippen molar-refractivity contribution in [2.24, 2.45) is 5.92 Å². The van der Waals surface area contributed by atoms with Crippen LogP contribution in [0.4, 0.5) is 5.69 Å². The number of hydrogen-bond donors (Lipinski definition) is 1. The molecule has 1 aliphatic heterocycles. The minimum absolute atomic E-state index is 0.0645. The van der Waals surface area contributed by atoms with Crippen molar-refractivity contribution in [3.8, 4) is 0 Å². The highest BCUT2D eigenvalue weighted by molar-refractivity contribution is 7.09. The number of hydrogen-bond acceptors (Lipinski definition) is 5. The average Bonchev–Trinajstić information content (AvgIpc) is 3.10. The van der Waals surface area contributed by atoms with Crippen LogP contribution in [0.15, 0.2) is 29.6 Å². The smallest absolute Gasteiger partial charge is 0.270 e. The number of amides is 1. The molecule has 5 nitrogen and oxygen atoms in total. The summed E-state index contributed by atoms with van der Waals surface area (Å²) < 4.78 is 0. The Hall–Kier alpha value is -1.92. The van der Waals surface area contributed by atoms with E-state index in [4.69, 9.17) is 0 Å². The van der Waals surface area contributed by atoms with Crippen molar-refractivity contribution in [1.82, 2.24) is 15.2 Å². The molecule has 1 fully saturated rings. The molecule has 1 aromatic carbocycles. The Bertz CT molecular complexity index is 718. The number of thiazole rings is 1. The van der Waals surface area contributed by atoms with Gasteiger partial charge in [0.2, 0.25) is 0 Å². The Morgan fingerprint density at radius 2 is 1.88 bits per heavy atom. The van der Waals surface area contributed by atoms with E-state index in [1.54, 1.807) is 11.3 Å². The van der Waals surface area contributed by atoms with Crippen LogP contribution in [0.1, 0.15) is 34.9 Å². The number of nitrogens with one attached hydrogen (secondary N) is 1. The number of carbonyl (C=O) groups is 1. The first-order valence-corrected chi connectivity index (χ1v) is 10.2. The first-order valence-electron chi connectivity index (χ1n) is 9.28. The molecule has 1 amide bonds. The third kappa shape index (κ3) is 5.05. The van der Waals surface area contributed by atoms with Gasteiger partial charge in [0.15, 0.2) is 0 Å². The van der Waals surface area contributed by atoms with E-state index in [0.29, 0.717) is 18.2 Å². The maximum Gasteiger partial charge on any atom is 0.270 e. The van der Waals surface area contributed by atoms with E-state index in [1.165, 1.54) is 11.3 Å². The Kier molecular flexibility index (Phi) is 6.27. The van der Waals surface area contributed by atoms with E-state index in [-0.39, 0.29) is 5.91 Å². The van der Waals surface area contributed by atoms with Crippen molar-refractivity contribution in [3.63, 3.8) is 0 Å². The SMILES string of the molecule is Cc1ccc(N2CCN(Cc3nc(C(=O)NCC(C)C)cs3)CC2)cc1. The minimum Gasteiger partial charge on any atom is -0.369 e. The van der Waals surface area contributed by atoms with Crippen molar-refractivity contribution < 1.29 is 4.79 Å². The summed E-state index contributed by atoms with van der Waals surface area (Å²) in [5, 5.41) is 5.81. The maximum absolute atomic E-state index is 12.1. The van der Waals surface area contributed by atoms with Crippen LogP contribution in [0.2, 0.25) is 0 Å². The minimum atomic E-state index is -0.0645. The third-order valence-corrected chi connectivity index (χ3v) is 5.42. The van der Waals surface area contributed by atoms with Crippen LogP contribution in [0.5, 0.6) is 0 Å². The van der Waals surface area contributed by atoms with Crippen LogP contribution in [-0.2, 0) is 6.54 Å². The third-order valence-electron chi connectivity index (χ3n) is 4.59. The lowest BCUT2D eigenvalue weighted by Crippen LogP contribution is -2.45. The molecular weight excluding hydrogens is 344 g/mol. The second-order valence-electron chi connectivity index (χ2n) is 7.33. The Labute approximate surface area is 160 Å². The number of aryl methyl sites for hydroxylation is 1. The molecule has 1 aromatic heterocycles. The van der Waals surface area contributed by atoms with E-state index in [1.807, 2.05) is 5.38 Å². The molecule has 1 aliphatic rings. The molecule has 0 unspecified atom stereocenters. The second kappa shape index (κ2) is 8.64. The lowest BCUT2D eigenvalue weighted by Gasteiger charge is -2.35. The number of aromatic nitrogens is 1. The molecule has 3 rings (SSSR count). The molecule has 6 heteroatoms. The van der Waals surface area contributed by atoms with Crippen LogP contribution in [0.25, 0.3) is 0 Å². The van der Waals surface area contributed by atoms with Gasteiger partial charge in [-0.15, -0.1) is 11.3 Å². The second-order valence-corrected chi connectivity index (χ2v) is 8.27. The molecule has 2 heterocycles. The predicted octanol–water partition coefficient (Wildman–Crippen LogP) is 3.16. The number of benzene rings is 1. The molecule has 0 spiro atoms. The van der Waals surface area contributed by atoms with Crippen LogP contribution in [-0.4, -0.2) is 48.5 Å². The highest BCUT2D eigenvalue weighted by atomic mass is 32.1. The molecule has 0 aliphatic carbocycles. The Balaban J connectivity index is 1.49. The van der Waals surface area contributed by atoms with Gasteiger partial charge >= 0.3 is 0 Å². The molecule has 0 atom stereocenters. The first kappa shape index (κ1) is 18.9. The van der Waals surface area contributed by atoms with Gasteiger partial charge in [0.1, 0.15) is 10.7 Å². The van der Waals surface area contributed by atoms with Gasteiger partial charge in [-0.2, -0.15) is 0 Å². The summed E-state index contributed by atoms with van der Waals surface area (Å²) in [7, 11) is 0. The lowest BCUT2D eigenvalue weighted by atomic mass is 10.2. The molecule has 0 radical (unpaired) electrons. The Morgan fingerprint density at radius 3 is 2.54 bits per heavy atom. The van der Waals surface area contributed by atoms with Gasteiger partial charge in [-0.25, -0.2) is 4.98 Å². The molecule has 140 valence electrons. The average molecular weight is 373 g/mol. The van der Waals surface area contributed by atoms with Gasteiger partial charge < -0.3 is 10.2 Å². The topological polar surface area (TPSA) is 48.5 Å². The van der Waals surface area contributed by atoms with Gasteiger partial charge in [0.25, 0.3) is 5.91 Å². The van der Waals surface area contributed by atoms with E-state index < -0.39 is 0 Å². The van der Waals surface area contributed by atoms with Crippen LogP contribution < -0.4 is 10.2 Å². The van der Waals surface area contributed by atoms with Crippen molar-refractivity contribution >= 4 is 22.9 Å². The number of carbonyl (C=O) groups excluding carboxylic acids is 1. The summed E-state index contributed by atoms with van der Waals surface area (Å²) in [5.74, 6) is 0.382. The van der Waals surface area contributed by atoms with Crippen LogP contribution in [0.3, 0.4) is 0 Å². The van der Waals surface area contributed by atoms with Crippen molar-refractivity contribution in [2.75, 3.05) is 37.6 Å². The number of piperazine rings is 1. The number of nitrogens with zero attached hydrogens (tertiary/aromatic N) is 3. The van der Waals surface area contributed by atoms with Gasteiger partial charge in [0, 0.05) is 43.8 Å². The molecular formula is C20H28N4OS. The van der Waals surface area contributed by atoms with Gasteiger partial charge in [-0.3, -0.25) is 9.69 Å². The van der Waals surface area contributed by atoms with Crippen molar-refractivity contribution in [2.45, 2.75) is 27.3 Å². The fraction of sp³-hybridized carbons (Fsp3) is 0.500. The molecule has 26 heavy (non-hydrogen) atoms. The quantitative estimate of drug-likeness (QED) is 0.846. The van der Waals surface area contributed by atoms with Gasteiger partial charge in [0.05, 0.1) is 6.54 Å². The highest BCUT2D eigenvalue weighted by Gasteiger charge is 2.19. The van der Waals surface area contributed by atoms with Gasteiger partial charge in [-0.1, -0.05) is 31.5 Å². The standard InChI is InChI=1S/C20H28N4OS/c1-15(2)12-21-20(25)18-14-26-19(22-18)13-23-8-10-24(11-9-23)17-6-4-16(3)5-7-17/h4-7,14-15H,8-13H2,1-3H3,(H,21,25). The molecule has 0 saturated carbocycles. The summed E-state index contributed by atoms with van der Waals surface area (Å²) in [5.41, 5.74) is 3.14. The zero-order valence-corrected chi connectivity index (χ0v) is 16.7. The molecule has 0 bridgehead atoms. The van der Waals surface area contributed by atoms with E-state index in [2.05, 4.69) is 65.1 Å². The summed E-state index contributed by atoms with van der Waals surface area (Å²) in [6, 6.07) is 8.74. The summed E-state index contributed by atoms with van der Waals surface area (Å²) in [6.45, 7) is 11.9. The zero-order valence-electron chi connectivity index (χ0n) is 15.9. The molecule has 1 N–H and O–H groups in total. The highest BCUT2D eigenvalue weighted by Crippen LogP contribution is 2.19. The van der Waals surface area contributed by atoms with E-state index in [0.717, 1.165) is 37.7 Å². The van der Waals surface area contributed by atoms with Crippen LogP contribution in [0, 0.1) is 12.8 Å². The number of rotatable bonds is 6. The van der Waals surface area contributed by atoms with Crippen molar-refractivity contribution in [3.05, 3.63) is 45.9 Å². The van der Waals surface area contributed by atoms with Crippen molar-refractivity contribution in [1.29, 1.82) is 0 Å². The fourth-order valence-corrected chi connectivity index (χ4v) is 3.80. The lowest BCUT2D eigenvalue weighted by molar-refractivity contribution is 0.0944.